The molecule has 2 amide bonds. The standard InChI is InChI=1S/C28H33N3O2/c1-19-15-25-26(16-20(19)2)31(28(33)23-9-6-10-24(23)29-25)18-27(32)30-13-11-22(12-14-30)17-21-7-4-3-5-8-21/h3-5,7-8,15-16,22-23H,6,9-14,17-18H2,1-2H3. The number of carbonyl (C=O) groups is 2. The van der Waals surface area contributed by atoms with E-state index in [4.69, 9.17) is 4.99 Å². The van der Waals surface area contributed by atoms with Crippen LogP contribution in [0.5, 0.6) is 0 Å². The van der Waals surface area contributed by atoms with Gasteiger partial charge in [-0.05, 0) is 87.1 Å². The van der Waals surface area contributed by atoms with E-state index in [2.05, 4.69) is 50.2 Å². The van der Waals surface area contributed by atoms with Crippen LogP contribution in [0.1, 0.15) is 48.8 Å². The summed E-state index contributed by atoms with van der Waals surface area (Å²) in [6.07, 6.45) is 5.80. The Morgan fingerprint density at radius 3 is 2.52 bits per heavy atom. The summed E-state index contributed by atoms with van der Waals surface area (Å²) in [4.78, 5) is 35.5. The third kappa shape index (κ3) is 4.46. The quantitative estimate of drug-likeness (QED) is 0.667. The fourth-order valence-electron chi connectivity index (χ4n) is 5.51. The zero-order chi connectivity index (χ0) is 22.9. The highest BCUT2D eigenvalue weighted by Crippen LogP contribution is 2.39. The first-order valence-corrected chi connectivity index (χ1v) is 12.3. The third-order valence-corrected chi connectivity index (χ3v) is 7.67. The number of aryl methyl sites for hydroxylation is 2. The van der Waals surface area contributed by atoms with Crippen LogP contribution >= 0.6 is 0 Å². The predicted octanol–water partition coefficient (Wildman–Crippen LogP) is 5.00. The molecule has 0 bridgehead atoms. The average molecular weight is 444 g/mol. The summed E-state index contributed by atoms with van der Waals surface area (Å²) in [5.74, 6) is 0.521. The lowest BCUT2D eigenvalue weighted by atomic mass is 9.90. The molecule has 1 atom stereocenters. The van der Waals surface area contributed by atoms with Gasteiger partial charge in [-0.2, -0.15) is 0 Å². The van der Waals surface area contributed by atoms with E-state index in [-0.39, 0.29) is 24.3 Å². The number of likely N-dealkylation sites (tertiary alicyclic amines) is 1. The molecule has 3 aliphatic rings. The van der Waals surface area contributed by atoms with Gasteiger partial charge in [0.15, 0.2) is 0 Å². The van der Waals surface area contributed by atoms with Crippen LogP contribution in [0.25, 0.3) is 0 Å². The van der Waals surface area contributed by atoms with Crippen LogP contribution in [-0.2, 0) is 16.0 Å². The van der Waals surface area contributed by atoms with Gasteiger partial charge in [0.1, 0.15) is 6.54 Å². The summed E-state index contributed by atoms with van der Waals surface area (Å²) >= 11 is 0. The minimum absolute atomic E-state index is 0.0422. The first-order valence-electron chi connectivity index (χ1n) is 12.3. The van der Waals surface area contributed by atoms with Gasteiger partial charge in [0.25, 0.3) is 0 Å². The molecule has 5 nitrogen and oxygen atoms in total. The van der Waals surface area contributed by atoms with Gasteiger partial charge in [0.05, 0.1) is 17.3 Å². The molecule has 1 aliphatic carbocycles. The van der Waals surface area contributed by atoms with Crippen molar-refractivity contribution in [2.75, 3.05) is 24.5 Å². The molecule has 172 valence electrons. The molecule has 0 N–H and O–H groups in total. The lowest BCUT2D eigenvalue weighted by molar-refractivity contribution is -0.132. The number of aliphatic imine (C=N–C) groups is 1. The summed E-state index contributed by atoms with van der Waals surface area (Å²) in [5.41, 5.74) is 6.26. The van der Waals surface area contributed by atoms with Gasteiger partial charge >= 0.3 is 0 Å². The largest absolute Gasteiger partial charge is 0.341 e. The van der Waals surface area contributed by atoms with Crippen molar-refractivity contribution >= 4 is 28.9 Å². The predicted molar refractivity (Wildman–Crippen MR) is 132 cm³/mol. The molecule has 5 rings (SSSR count). The van der Waals surface area contributed by atoms with E-state index in [9.17, 15) is 9.59 Å². The van der Waals surface area contributed by atoms with Crippen LogP contribution in [0.2, 0.25) is 0 Å². The van der Waals surface area contributed by atoms with Crippen molar-refractivity contribution in [1.82, 2.24) is 4.90 Å². The average Bonchev–Trinajstić information content (AvgIpc) is 3.25. The molecule has 0 radical (unpaired) electrons. The van der Waals surface area contributed by atoms with E-state index in [0.29, 0.717) is 5.92 Å². The SMILES string of the molecule is Cc1cc2c(cc1C)N(CC(=O)N1CCC(Cc3ccccc3)CC1)C(=O)C1CCCC1=N2. The molecule has 5 heteroatoms. The fourth-order valence-corrected chi connectivity index (χ4v) is 5.51. The molecule has 2 fully saturated rings. The molecular formula is C28H33N3O2. The van der Waals surface area contributed by atoms with Crippen molar-refractivity contribution in [3.8, 4) is 0 Å². The van der Waals surface area contributed by atoms with Gasteiger partial charge < -0.3 is 9.80 Å². The smallest absolute Gasteiger partial charge is 0.242 e. The highest BCUT2D eigenvalue weighted by atomic mass is 16.2. The molecule has 0 spiro atoms. The number of piperidine rings is 1. The zero-order valence-corrected chi connectivity index (χ0v) is 19.7. The molecule has 33 heavy (non-hydrogen) atoms. The molecule has 2 aliphatic heterocycles. The maximum absolute atomic E-state index is 13.5. The molecule has 2 aromatic carbocycles. The Morgan fingerprint density at radius 1 is 1.03 bits per heavy atom. The van der Waals surface area contributed by atoms with Crippen molar-refractivity contribution in [2.45, 2.75) is 52.4 Å². The van der Waals surface area contributed by atoms with Crippen LogP contribution in [0, 0.1) is 25.7 Å². The molecule has 0 aromatic heterocycles. The van der Waals surface area contributed by atoms with Gasteiger partial charge in [0, 0.05) is 18.8 Å². The zero-order valence-electron chi connectivity index (χ0n) is 19.7. The minimum atomic E-state index is -0.178. The van der Waals surface area contributed by atoms with Crippen LogP contribution in [0.4, 0.5) is 11.4 Å². The Morgan fingerprint density at radius 2 is 1.76 bits per heavy atom. The Hall–Kier alpha value is -2.95. The second-order valence-electron chi connectivity index (χ2n) is 9.91. The molecule has 2 heterocycles. The molecule has 1 saturated carbocycles. The van der Waals surface area contributed by atoms with Gasteiger partial charge in [-0.1, -0.05) is 30.3 Å². The van der Waals surface area contributed by atoms with E-state index in [1.807, 2.05) is 11.0 Å². The Balaban J connectivity index is 1.30. The summed E-state index contributed by atoms with van der Waals surface area (Å²) in [6.45, 7) is 5.77. The lowest BCUT2D eigenvalue weighted by Gasteiger charge is -2.34. The first-order chi connectivity index (χ1) is 16.0. The number of benzene rings is 2. The molecule has 2 aromatic rings. The van der Waals surface area contributed by atoms with Gasteiger partial charge in [0.2, 0.25) is 11.8 Å². The topological polar surface area (TPSA) is 53.0 Å². The van der Waals surface area contributed by atoms with Crippen molar-refractivity contribution in [1.29, 1.82) is 0 Å². The summed E-state index contributed by atoms with van der Waals surface area (Å²) in [5, 5.41) is 0. The van der Waals surface area contributed by atoms with Crippen LogP contribution < -0.4 is 4.90 Å². The Bertz CT molecular complexity index is 1080. The molecular weight excluding hydrogens is 410 g/mol. The maximum atomic E-state index is 13.5. The van der Waals surface area contributed by atoms with E-state index < -0.39 is 0 Å². The molecule has 1 saturated heterocycles. The Labute approximate surface area is 196 Å². The summed E-state index contributed by atoms with van der Waals surface area (Å²) in [6, 6.07) is 14.7. The van der Waals surface area contributed by atoms with E-state index >= 15 is 0 Å². The Kier molecular flexibility index (Phi) is 6.05. The number of nitrogens with zero attached hydrogens (tertiary/aromatic N) is 3. The summed E-state index contributed by atoms with van der Waals surface area (Å²) in [7, 11) is 0. The van der Waals surface area contributed by atoms with Gasteiger partial charge in [-0.15, -0.1) is 0 Å². The van der Waals surface area contributed by atoms with E-state index in [1.165, 1.54) is 5.56 Å². The fraction of sp³-hybridized carbons (Fsp3) is 0.464. The van der Waals surface area contributed by atoms with E-state index in [0.717, 1.165) is 79.8 Å². The number of hydrogen-bond donors (Lipinski definition) is 0. The minimum Gasteiger partial charge on any atom is -0.341 e. The highest BCUT2D eigenvalue weighted by molar-refractivity contribution is 6.16. The number of amides is 2. The number of fused-ring (bicyclic) bond motifs is 2. The normalized spacial score (nSPS) is 20.8. The van der Waals surface area contributed by atoms with Crippen LogP contribution in [0.15, 0.2) is 47.5 Å². The van der Waals surface area contributed by atoms with Gasteiger partial charge in [-0.3, -0.25) is 14.6 Å². The van der Waals surface area contributed by atoms with Crippen LogP contribution in [-0.4, -0.2) is 42.1 Å². The third-order valence-electron chi connectivity index (χ3n) is 7.67. The van der Waals surface area contributed by atoms with Crippen LogP contribution in [0.3, 0.4) is 0 Å². The first kappa shape index (κ1) is 21.9. The van der Waals surface area contributed by atoms with Crippen molar-refractivity contribution in [2.24, 2.45) is 16.8 Å². The monoisotopic (exact) mass is 443 g/mol. The second kappa shape index (κ2) is 9.12. The van der Waals surface area contributed by atoms with Crippen molar-refractivity contribution in [3.05, 3.63) is 59.2 Å². The highest BCUT2D eigenvalue weighted by Gasteiger charge is 2.38. The lowest BCUT2D eigenvalue weighted by Crippen LogP contribution is -2.47. The van der Waals surface area contributed by atoms with Gasteiger partial charge in [-0.25, -0.2) is 0 Å². The maximum Gasteiger partial charge on any atom is 0.242 e. The van der Waals surface area contributed by atoms with E-state index in [1.54, 1.807) is 4.90 Å². The summed E-state index contributed by atoms with van der Waals surface area (Å²) < 4.78 is 0. The van der Waals surface area contributed by atoms with Crippen molar-refractivity contribution in [3.63, 3.8) is 0 Å². The number of hydrogen-bond acceptors (Lipinski definition) is 3. The number of rotatable bonds is 4. The number of carbonyl (C=O) groups excluding carboxylic acids is 2. The molecule has 1 unspecified atom stereocenters. The second-order valence-corrected chi connectivity index (χ2v) is 9.91. The number of anilines is 1. The van der Waals surface area contributed by atoms with Crippen molar-refractivity contribution < 1.29 is 9.59 Å².